The van der Waals surface area contributed by atoms with Gasteiger partial charge >= 0.3 is 6.03 Å². The van der Waals surface area contributed by atoms with Crippen molar-refractivity contribution in [2.75, 3.05) is 5.32 Å². The lowest BCUT2D eigenvalue weighted by molar-refractivity contribution is -0.113. The van der Waals surface area contributed by atoms with Crippen molar-refractivity contribution >= 4 is 28.5 Å². The van der Waals surface area contributed by atoms with Gasteiger partial charge in [0.2, 0.25) is 0 Å². The molecule has 0 saturated carbocycles. The average Bonchev–Trinajstić information content (AvgIpc) is 3.08. The highest BCUT2D eigenvalue weighted by Gasteiger charge is 2.31. The second-order valence-electron chi connectivity index (χ2n) is 6.29. The Balaban J connectivity index is 1.68. The summed E-state index contributed by atoms with van der Waals surface area (Å²) < 4.78 is 0. The molecular formula is C19H17N5O3. The van der Waals surface area contributed by atoms with Gasteiger partial charge in [-0.1, -0.05) is 12.1 Å². The van der Waals surface area contributed by atoms with Crippen molar-refractivity contribution in [2.45, 2.75) is 13.0 Å². The minimum Gasteiger partial charge on any atom is -0.508 e. The molecule has 0 saturated heterocycles. The Kier molecular flexibility index (Phi) is 4.00. The molecule has 8 heteroatoms. The molecule has 3 amide bonds. The summed E-state index contributed by atoms with van der Waals surface area (Å²) >= 11 is 0. The third-order valence-corrected chi connectivity index (χ3v) is 4.42. The van der Waals surface area contributed by atoms with Gasteiger partial charge in [-0.05, 0) is 42.8 Å². The monoisotopic (exact) mass is 363 g/mol. The number of phenolic OH excluding ortho intramolecular Hbond substituents is 1. The van der Waals surface area contributed by atoms with Gasteiger partial charge in [0.15, 0.2) is 0 Å². The van der Waals surface area contributed by atoms with Gasteiger partial charge in [0.05, 0.1) is 23.3 Å². The largest absolute Gasteiger partial charge is 0.508 e. The van der Waals surface area contributed by atoms with E-state index in [0.29, 0.717) is 22.5 Å². The third-order valence-electron chi connectivity index (χ3n) is 4.42. The lowest BCUT2D eigenvalue weighted by atomic mass is 9.94. The zero-order valence-corrected chi connectivity index (χ0v) is 14.4. The highest BCUT2D eigenvalue weighted by molar-refractivity contribution is 6.07. The first-order valence-electron chi connectivity index (χ1n) is 8.33. The Morgan fingerprint density at radius 1 is 1.22 bits per heavy atom. The van der Waals surface area contributed by atoms with Crippen LogP contribution in [0.5, 0.6) is 5.75 Å². The summed E-state index contributed by atoms with van der Waals surface area (Å²) in [6.45, 7) is 1.67. The molecule has 1 aliphatic heterocycles. The number of carbonyl (C=O) groups excluding carboxylic acids is 2. The molecule has 1 unspecified atom stereocenters. The van der Waals surface area contributed by atoms with Crippen molar-refractivity contribution in [1.82, 2.24) is 20.8 Å². The number of hydrogen-bond donors (Lipinski definition) is 5. The van der Waals surface area contributed by atoms with Gasteiger partial charge in [0.1, 0.15) is 5.75 Å². The first-order chi connectivity index (χ1) is 13.0. The molecule has 0 fully saturated rings. The Morgan fingerprint density at radius 3 is 2.89 bits per heavy atom. The van der Waals surface area contributed by atoms with Crippen molar-refractivity contribution in [1.29, 1.82) is 0 Å². The van der Waals surface area contributed by atoms with E-state index in [0.717, 1.165) is 10.9 Å². The van der Waals surface area contributed by atoms with E-state index in [9.17, 15) is 14.7 Å². The summed E-state index contributed by atoms with van der Waals surface area (Å²) in [6.07, 6.45) is 1.67. The fourth-order valence-corrected chi connectivity index (χ4v) is 3.17. The minimum atomic E-state index is -0.677. The molecule has 2 heterocycles. The van der Waals surface area contributed by atoms with E-state index >= 15 is 0 Å². The number of phenols is 1. The summed E-state index contributed by atoms with van der Waals surface area (Å²) in [6, 6.07) is 10.8. The van der Waals surface area contributed by atoms with Crippen LogP contribution in [0, 0.1) is 0 Å². The van der Waals surface area contributed by atoms with Gasteiger partial charge in [-0.25, -0.2) is 4.79 Å². The van der Waals surface area contributed by atoms with Crippen LogP contribution in [0.25, 0.3) is 10.9 Å². The minimum absolute atomic E-state index is 0.0584. The lowest BCUT2D eigenvalue weighted by Gasteiger charge is -2.28. The summed E-state index contributed by atoms with van der Waals surface area (Å²) in [4.78, 5) is 24.9. The molecule has 0 radical (unpaired) electrons. The Labute approximate surface area is 154 Å². The van der Waals surface area contributed by atoms with Crippen molar-refractivity contribution in [3.05, 3.63) is 65.5 Å². The number of allylic oxidation sites excluding steroid dienone is 1. The second kappa shape index (κ2) is 6.49. The van der Waals surface area contributed by atoms with E-state index < -0.39 is 12.1 Å². The number of urea groups is 1. The van der Waals surface area contributed by atoms with Crippen molar-refractivity contribution < 1.29 is 14.7 Å². The maximum absolute atomic E-state index is 13.0. The van der Waals surface area contributed by atoms with Crippen LogP contribution in [-0.2, 0) is 4.79 Å². The molecule has 4 rings (SSSR count). The fourth-order valence-electron chi connectivity index (χ4n) is 3.17. The van der Waals surface area contributed by atoms with Crippen molar-refractivity contribution in [3.8, 4) is 5.75 Å². The number of carbonyl (C=O) groups is 2. The molecular weight excluding hydrogens is 346 g/mol. The molecule has 1 aliphatic rings. The molecule has 1 atom stereocenters. The SMILES string of the molecule is CC1=C(C(=O)Nc2ccc3[nH]ncc3c2)C(c2cccc(O)c2)NC(=O)N1. The predicted molar refractivity (Wildman–Crippen MR) is 99.9 cm³/mol. The normalized spacial score (nSPS) is 16.8. The number of fused-ring (bicyclic) bond motifs is 1. The standard InChI is InChI=1S/C19H17N5O3/c1-10-16(17(23-19(27)21-10)11-3-2-4-14(25)8-11)18(26)22-13-5-6-15-12(7-13)9-20-24-15/h2-9,17,25H,1H3,(H,20,24)(H,22,26)(H2,21,23,27). The van der Waals surface area contributed by atoms with E-state index in [1.807, 2.05) is 12.1 Å². The van der Waals surface area contributed by atoms with Gasteiger partial charge in [0, 0.05) is 16.8 Å². The van der Waals surface area contributed by atoms with Gasteiger partial charge in [-0.3, -0.25) is 9.89 Å². The molecule has 0 aliphatic carbocycles. The number of aromatic hydroxyl groups is 1. The number of benzene rings is 2. The molecule has 1 aromatic heterocycles. The van der Waals surface area contributed by atoms with Gasteiger partial charge in [-0.15, -0.1) is 0 Å². The number of amides is 3. The van der Waals surface area contributed by atoms with E-state index in [4.69, 9.17) is 0 Å². The van der Waals surface area contributed by atoms with Gasteiger partial charge in [-0.2, -0.15) is 5.10 Å². The maximum atomic E-state index is 13.0. The average molecular weight is 363 g/mol. The van der Waals surface area contributed by atoms with E-state index in [1.165, 1.54) is 12.1 Å². The highest BCUT2D eigenvalue weighted by Crippen LogP contribution is 2.29. The van der Waals surface area contributed by atoms with Crippen LogP contribution in [0.15, 0.2) is 59.9 Å². The number of anilines is 1. The number of aromatic amines is 1. The van der Waals surface area contributed by atoms with Crippen molar-refractivity contribution in [2.24, 2.45) is 0 Å². The van der Waals surface area contributed by atoms with Crippen molar-refractivity contribution in [3.63, 3.8) is 0 Å². The van der Waals surface area contributed by atoms with Crippen LogP contribution < -0.4 is 16.0 Å². The smallest absolute Gasteiger partial charge is 0.319 e. The van der Waals surface area contributed by atoms with Crippen LogP contribution >= 0.6 is 0 Å². The number of rotatable bonds is 3. The van der Waals surface area contributed by atoms with Crippen LogP contribution in [0.1, 0.15) is 18.5 Å². The number of H-pyrrole nitrogens is 1. The van der Waals surface area contributed by atoms with Gasteiger partial charge in [0.25, 0.3) is 5.91 Å². The van der Waals surface area contributed by atoms with E-state index in [2.05, 4.69) is 26.1 Å². The summed E-state index contributed by atoms with van der Waals surface area (Å²) in [5.41, 5.74) is 2.91. The molecule has 0 bridgehead atoms. The summed E-state index contributed by atoms with van der Waals surface area (Å²) in [5, 5.41) is 25.7. The number of aromatic nitrogens is 2. The highest BCUT2D eigenvalue weighted by atomic mass is 16.3. The first kappa shape index (κ1) is 16.6. The zero-order chi connectivity index (χ0) is 19.0. The van der Waals surface area contributed by atoms with E-state index in [1.54, 1.807) is 31.3 Å². The van der Waals surface area contributed by atoms with Crippen LogP contribution in [0.4, 0.5) is 10.5 Å². The molecule has 27 heavy (non-hydrogen) atoms. The van der Waals surface area contributed by atoms with Crippen LogP contribution in [0.2, 0.25) is 0 Å². The van der Waals surface area contributed by atoms with Crippen LogP contribution in [-0.4, -0.2) is 27.2 Å². The third kappa shape index (κ3) is 3.20. The quantitative estimate of drug-likeness (QED) is 0.491. The van der Waals surface area contributed by atoms with E-state index in [-0.39, 0.29) is 11.7 Å². The zero-order valence-electron chi connectivity index (χ0n) is 14.4. The molecule has 0 spiro atoms. The predicted octanol–water partition coefficient (Wildman–Crippen LogP) is 2.54. The molecule has 8 nitrogen and oxygen atoms in total. The Hall–Kier alpha value is -3.81. The summed E-state index contributed by atoms with van der Waals surface area (Å²) in [7, 11) is 0. The molecule has 136 valence electrons. The molecule has 3 aromatic rings. The van der Waals surface area contributed by atoms with Gasteiger partial charge < -0.3 is 21.1 Å². The Bertz CT molecular complexity index is 1090. The molecule has 5 N–H and O–H groups in total. The number of hydrogen-bond acceptors (Lipinski definition) is 4. The topological polar surface area (TPSA) is 119 Å². The summed E-state index contributed by atoms with van der Waals surface area (Å²) in [5.74, 6) is -0.292. The Morgan fingerprint density at radius 2 is 2.07 bits per heavy atom. The lowest BCUT2D eigenvalue weighted by Crippen LogP contribution is -2.45. The maximum Gasteiger partial charge on any atom is 0.319 e. The first-order valence-corrected chi connectivity index (χ1v) is 8.33. The number of nitrogens with one attached hydrogen (secondary N) is 4. The second-order valence-corrected chi connectivity index (χ2v) is 6.29. The van der Waals surface area contributed by atoms with Crippen LogP contribution in [0.3, 0.4) is 0 Å². The number of nitrogens with zero attached hydrogens (tertiary/aromatic N) is 1. The molecule has 2 aromatic carbocycles. The fraction of sp³-hybridized carbons (Fsp3) is 0.105.